The van der Waals surface area contributed by atoms with Crippen molar-refractivity contribution in [2.24, 2.45) is 0 Å². The molecule has 1 saturated heterocycles. The van der Waals surface area contributed by atoms with Crippen molar-refractivity contribution in [1.29, 1.82) is 0 Å². The second-order valence-corrected chi connectivity index (χ2v) is 9.66. The van der Waals surface area contributed by atoms with E-state index in [2.05, 4.69) is 14.3 Å². The van der Waals surface area contributed by atoms with E-state index in [1.807, 2.05) is 29.2 Å². The smallest absolute Gasteiger partial charge is 0.298 e. The van der Waals surface area contributed by atoms with Crippen LogP contribution in [-0.4, -0.2) is 53.5 Å². The lowest BCUT2D eigenvalue weighted by molar-refractivity contribution is 0.0746. The molecule has 1 aromatic heterocycles. The Morgan fingerprint density at radius 2 is 1.81 bits per heavy atom. The number of hydrogen-bond acceptors (Lipinski definition) is 7. The van der Waals surface area contributed by atoms with Gasteiger partial charge in [0.25, 0.3) is 11.1 Å². The second kappa shape index (κ2) is 11.1. The molecule has 10 heteroatoms. The molecule has 3 aromatic carbocycles. The number of hydrogen-bond donors (Lipinski definition) is 0. The highest BCUT2D eigenvalue weighted by atomic mass is 35.5. The van der Waals surface area contributed by atoms with Crippen LogP contribution >= 0.6 is 23.1 Å². The van der Waals surface area contributed by atoms with E-state index < -0.39 is 0 Å². The molecule has 0 radical (unpaired) electrons. The van der Waals surface area contributed by atoms with Crippen LogP contribution in [0.1, 0.15) is 21.7 Å². The van der Waals surface area contributed by atoms with Gasteiger partial charge in [0.2, 0.25) is 0 Å². The molecule has 0 spiro atoms. The maximum absolute atomic E-state index is 13.3. The summed E-state index contributed by atoms with van der Waals surface area (Å²) in [5.74, 6) is 1.07. The fourth-order valence-corrected chi connectivity index (χ4v) is 4.89. The number of benzene rings is 3. The highest BCUT2D eigenvalue weighted by Crippen LogP contribution is 2.34. The third-order valence-electron chi connectivity index (χ3n) is 6.07. The van der Waals surface area contributed by atoms with Crippen molar-refractivity contribution in [2.75, 3.05) is 38.2 Å². The topological polar surface area (TPSA) is 67.8 Å². The Morgan fingerprint density at radius 3 is 2.54 bits per heavy atom. The molecule has 2 heterocycles. The van der Waals surface area contributed by atoms with E-state index >= 15 is 0 Å². The largest absolute Gasteiger partial charge is 0.493 e. The van der Waals surface area contributed by atoms with Gasteiger partial charge < -0.3 is 19.3 Å². The van der Waals surface area contributed by atoms with Gasteiger partial charge in [-0.1, -0.05) is 29.8 Å². The first-order valence-corrected chi connectivity index (χ1v) is 12.9. The van der Waals surface area contributed by atoms with E-state index in [9.17, 15) is 9.18 Å². The van der Waals surface area contributed by atoms with Crippen LogP contribution in [0.5, 0.6) is 16.7 Å². The van der Waals surface area contributed by atoms with Gasteiger partial charge in [0.05, 0.1) is 7.11 Å². The van der Waals surface area contributed by atoms with Crippen molar-refractivity contribution >= 4 is 34.7 Å². The van der Waals surface area contributed by atoms with Crippen molar-refractivity contribution in [1.82, 2.24) is 14.3 Å². The number of carbonyl (C=O) groups is 1. The summed E-state index contributed by atoms with van der Waals surface area (Å²) in [4.78, 5) is 21.8. The summed E-state index contributed by atoms with van der Waals surface area (Å²) in [6.45, 7) is 2.62. The number of anilines is 1. The monoisotopic (exact) mass is 538 g/mol. The van der Waals surface area contributed by atoms with Crippen LogP contribution in [-0.2, 0) is 6.42 Å². The van der Waals surface area contributed by atoms with E-state index in [4.69, 9.17) is 21.1 Å². The van der Waals surface area contributed by atoms with Crippen molar-refractivity contribution in [3.63, 3.8) is 0 Å². The van der Waals surface area contributed by atoms with Gasteiger partial charge in [0.1, 0.15) is 5.82 Å². The summed E-state index contributed by atoms with van der Waals surface area (Å²) in [5.41, 5.74) is 2.45. The molecule has 0 N–H and O–H groups in total. The molecular weight excluding hydrogens is 515 g/mol. The maximum Gasteiger partial charge on any atom is 0.298 e. The number of rotatable bonds is 7. The van der Waals surface area contributed by atoms with Gasteiger partial charge in [0.15, 0.2) is 17.3 Å². The zero-order valence-electron chi connectivity index (χ0n) is 20.1. The molecule has 0 aliphatic carbocycles. The third kappa shape index (κ3) is 6.00. The normalized spacial score (nSPS) is 13.5. The predicted octanol–water partition coefficient (Wildman–Crippen LogP) is 5.68. The Kier molecular flexibility index (Phi) is 7.52. The Balaban J connectivity index is 1.25. The average Bonchev–Trinajstić information content (AvgIpc) is 3.36. The molecule has 4 aromatic rings. The van der Waals surface area contributed by atoms with Gasteiger partial charge in [-0.25, -0.2) is 4.39 Å². The van der Waals surface area contributed by atoms with E-state index in [0.29, 0.717) is 65.7 Å². The Labute approximate surface area is 223 Å². The number of aromatic nitrogens is 2. The average molecular weight is 539 g/mol. The SMILES string of the molecule is COc1ccc(C(=O)N2CCN(c3cccc(Cl)c3)CC2)cc1Oc1nc(Cc2ccc(F)cc2)ns1. The summed E-state index contributed by atoms with van der Waals surface area (Å²) in [7, 11) is 1.54. The van der Waals surface area contributed by atoms with E-state index in [1.54, 1.807) is 37.4 Å². The van der Waals surface area contributed by atoms with Gasteiger partial charge >= 0.3 is 0 Å². The minimum Gasteiger partial charge on any atom is -0.493 e. The maximum atomic E-state index is 13.3. The fraction of sp³-hybridized carbons (Fsp3) is 0.222. The molecule has 1 aliphatic rings. The zero-order chi connectivity index (χ0) is 25.8. The summed E-state index contributed by atoms with van der Waals surface area (Å²) in [6.07, 6.45) is 0.455. The first-order valence-electron chi connectivity index (χ1n) is 11.7. The van der Waals surface area contributed by atoms with Crippen LogP contribution in [0.3, 0.4) is 0 Å². The van der Waals surface area contributed by atoms with Crippen LogP contribution in [0.2, 0.25) is 5.02 Å². The standard InChI is InChI=1S/C27H24ClFN4O3S/c1-35-23-10-7-19(26(34)33-13-11-32(12-14-33)22-4-2-3-20(28)17-22)16-24(23)36-27-30-25(31-37-27)15-18-5-8-21(29)9-6-18/h2-10,16-17H,11-15H2,1H3. The minimum absolute atomic E-state index is 0.0764. The van der Waals surface area contributed by atoms with Crippen LogP contribution in [0.25, 0.3) is 0 Å². The molecule has 1 amide bonds. The lowest BCUT2D eigenvalue weighted by Crippen LogP contribution is -2.48. The number of nitrogens with zero attached hydrogens (tertiary/aromatic N) is 4. The second-order valence-electron chi connectivity index (χ2n) is 8.51. The molecule has 0 saturated carbocycles. The van der Waals surface area contributed by atoms with Crippen molar-refractivity contribution in [3.8, 4) is 16.7 Å². The molecule has 5 rings (SSSR count). The van der Waals surface area contributed by atoms with Gasteiger partial charge in [-0.05, 0) is 54.1 Å². The fourth-order valence-electron chi connectivity index (χ4n) is 4.14. The highest BCUT2D eigenvalue weighted by molar-refractivity contribution is 7.07. The van der Waals surface area contributed by atoms with Gasteiger partial charge in [-0.3, -0.25) is 4.79 Å². The van der Waals surface area contributed by atoms with Crippen molar-refractivity contribution < 1.29 is 18.7 Å². The van der Waals surface area contributed by atoms with E-state index in [-0.39, 0.29) is 11.7 Å². The highest BCUT2D eigenvalue weighted by Gasteiger charge is 2.24. The van der Waals surface area contributed by atoms with Gasteiger partial charge in [-0.2, -0.15) is 9.36 Å². The van der Waals surface area contributed by atoms with E-state index in [1.165, 1.54) is 12.1 Å². The van der Waals surface area contributed by atoms with Crippen LogP contribution in [0, 0.1) is 5.82 Å². The molecule has 0 unspecified atom stereocenters. The summed E-state index contributed by atoms with van der Waals surface area (Å²) in [5, 5.41) is 1.02. The lowest BCUT2D eigenvalue weighted by Gasteiger charge is -2.36. The minimum atomic E-state index is -0.288. The Hall–Kier alpha value is -3.69. The molecule has 190 valence electrons. The number of halogens is 2. The van der Waals surface area contributed by atoms with Crippen LogP contribution in [0.15, 0.2) is 66.7 Å². The zero-order valence-corrected chi connectivity index (χ0v) is 21.6. The first-order chi connectivity index (χ1) is 18.0. The molecule has 0 bridgehead atoms. The number of ether oxygens (including phenoxy) is 2. The van der Waals surface area contributed by atoms with Crippen LogP contribution in [0.4, 0.5) is 10.1 Å². The van der Waals surface area contributed by atoms with Crippen molar-refractivity contribution in [3.05, 3.63) is 94.5 Å². The number of methoxy groups -OCH3 is 1. The molecule has 7 nitrogen and oxygen atoms in total. The number of carbonyl (C=O) groups excluding carboxylic acids is 1. The van der Waals surface area contributed by atoms with Crippen LogP contribution < -0.4 is 14.4 Å². The van der Waals surface area contributed by atoms with Gasteiger partial charge in [-0.15, -0.1) is 0 Å². The third-order valence-corrected chi connectivity index (χ3v) is 6.94. The summed E-state index contributed by atoms with van der Waals surface area (Å²) in [6, 6.07) is 19.1. The Bertz CT molecular complexity index is 1390. The van der Waals surface area contributed by atoms with E-state index in [0.717, 1.165) is 22.8 Å². The molecule has 37 heavy (non-hydrogen) atoms. The molecular formula is C27H24ClFN4O3S. The lowest BCUT2D eigenvalue weighted by atomic mass is 10.1. The molecule has 1 fully saturated rings. The van der Waals surface area contributed by atoms with Gasteiger partial charge in [0, 0.05) is 60.4 Å². The molecule has 0 atom stereocenters. The van der Waals surface area contributed by atoms with Crippen molar-refractivity contribution in [2.45, 2.75) is 6.42 Å². The Morgan fingerprint density at radius 1 is 1.03 bits per heavy atom. The summed E-state index contributed by atoms with van der Waals surface area (Å²) < 4.78 is 28.9. The first kappa shape index (κ1) is 25.0. The summed E-state index contributed by atoms with van der Waals surface area (Å²) >= 11 is 7.23. The number of amides is 1. The number of piperazine rings is 1. The quantitative estimate of drug-likeness (QED) is 0.301. The predicted molar refractivity (Wildman–Crippen MR) is 142 cm³/mol. The molecule has 1 aliphatic heterocycles.